The lowest BCUT2D eigenvalue weighted by Crippen LogP contribution is -2.49. The van der Waals surface area contributed by atoms with Crippen LogP contribution in [-0.2, 0) is 4.79 Å². The zero-order valence-electron chi connectivity index (χ0n) is 12.7. The first-order chi connectivity index (χ1) is 10.5. The second kappa shape index (κ2) is 5.44. The number of fused-ring (bicyclic) bond motifs is 1. The number of carbonyl (C=O) groups excluding carboxylic acids is 1. The number of likely N-dealkylation sites (tertiary alicyclic amines) is 1. The number of aryl methyl sites for hydroxylation is 1. The molecule has 1 N–H and O–H groups in total. The molecule has 0 bridgehead atoms. The van der Waals surface area contributed by atoms with Gasteiger partial charge in [0.2, 0.25) is 0 Å². The topological polar surface area (TPSA) is 74.9 Å². The predicted octanol–water partition coefficient (Wildman–Crippen LogP) is 1.97. The van der Waals surface area contributed by atoms with Crippen LogP contribution in [0.2, 0.25) is 0 Å². The Morgan fingerprint density at radius 1 is 1.41 bits per heavy atom. The molecule has 1 amide bonds. The number of piperidine rings is 1. The number of nitrogens with zero attached hydrogens (tertiary/aromatic N) is 3. The van der Waals surface area contributed by atoms with Crippen molar-refractivity contribution in [3.63, 3.8) is 0 Å². The van der Waals surface area contributed by atoms with Gasteiger partial charge in [0.1, 0.15) is 17.4 Å². The molecule has 116 valence electrons. The molecule has 1 aliphatic rings. The zero-order chi connectivity index (χ0) is 15.9. The van der Waals surface area contributed by atoms with Crippen molar-refractivity contribution >= 4 is 17.5 Å². The molecule has 1 saturated heterocycles. The van der Waals surface area contributed by atoms with Crippen LogP contribution in [0.15, 0.2) is 24.5 Å². The van der Waals surface area contributed by atoms with E-state index in [2.05, 4.69) is 4.98 Å². The van der Waals surface area contributed by atoms with E-state index >= 15 is 0 Å². The van der Waals surface area contributed by atoms with E-state index in [0.29, 0.717) is 30.2 Å². The largest absolute Gasteiger partial charge is 0.480 e. The van der Waals surface area contributed by atoms with Crippen LogP contribution >= 0.6 is 0 Å². The van der Waals surface area contributed by atoms with Crippen molar-refractivity contribution in [1.82, 2.24) is 14.3 Å². The van der Waals surface area contributed by atoms with Gasteiger partial charge >= 0.3 is 5.97 Å². The number of hydrogen-bond donors (Lipinski definition) is 1. The number of hydrogen-bond acceptors (Lipinski definition) is 3. The fourth-order valence-corrected chi connectivity index (χ4v) is 2.95. The Hall–Kier alpha value is -2.37. The number of rotatable bonds is 2. The second-order valence-corrected chi connectivity index (χ2v) is 6.08. The molecule has 3 rings (SSSR count). The van der Waals surface area contributed by atoms with E-state index in [1.807, 2.05) is 32.2 Å². The number of amides is 1. The molecule has 2 aromatic rings. The summed E-state index contributed by atoms with van der Waals surface area (Å²) in [6.07, 6.45) is 4.82. The molecule has 2 atom stereocenters. The molecule has 0 spiro atoms. The monoisotopic (exact) mass is 301 g/mol. The minimum absolute atomic E-state index is 0.298. The summed E-state index contributed by atoms with van der Waals surface area (Å²) in [4.78, 5) is 29.9. The molecule has 6 nitrogen and oxygen atoms in total. The summed E-state index contributed by atoms with van der Waals surface area (Å²) >= 11 is 0. The van der Waals surface area contributed by atoms with E-state index in [-0.39, 0.29) is 5.91 Å². The normalized spacial score (nSPS) is 22.0. The van der Waals surface area contributed by atoms with E-state index in [0.717, 1.165) is 12.0 Å². The maximum Gasteiger partial charge on any atom is 0.326 e. The van der Waals surface area contributed by atoms with Gasteiger partial charge in [-0.05, 0) is 43.4 Å². The first kappa shape index (κ1) is 14.6. The van der Waals surface area contributed by atoms with Crippen LogP contribution < -0.4 is 0 Å². The van der Waals surface area contributed by atoms with Crippen LogP contribution in [-0.4, -0.2) is 43.9 Å². The Bertz CT molecular complexity index is 737. The smallest absolute Gasteiger partial charge is 0.326 e. The van der Waals surface area contributed by atoms with Crippen LogP contribution in [0.25, 0.3) is 5.65 Å². The summed E-state index contributed by atoms with van der Waals surface area (Å²) < 4.78 is 1.78. The van der Waals surface area contributed by atoms with Gasteiger partial charge in [-0.1, -0.05) is 6.92 Å². The molecule has 22 heavy (non-hydrogen) atoms. The molecule has 2 aromatic heterocycles. The average Bonchev–Trinajstić information content (AvgIpc) is 2.89. The molecule has 0 aromatic carbocycles. The molecule has 2 unspecified atom stereocenters. The van der Waals surface area contributed by atoms with Crippen LogP contribution in [0.5, 0.6) is 0 Å². The summed E-state index contributed by atoms with van der Waals surface area (Å²) in [6, 6.07) is 3.07. The molecule has 0 radical (unpaired) electrons. The Morgan fingerprint density at radius 3 is 2.91 bits per heavy atom. The third-order valence-electron chi connectivity index (χ3n) is 4.25. The highest BCUT2D eigenvalue weighted by atomic mass is 16.4. The summed E-state index contributed by atoms with van der Waals surface area (Å²) in [5.41, 5.74) is 2.05. The first-order valence-corrected chi connectivity index (χ1v) is 7.45. The highest BCUT2D eigenvalue weighted by molar-refractivity contribution is 5.95. The van der Waals surface area contributed by atoms with Gasteiger partial charge in [0, 0.05) is 18.9 Å². The number of aliphatic carboxylic acids is 1. The van der Waals surface area contributed by atoms with Gasteiger partial charge in [-0.15, -0.1) is 0 Å². The quantitative estimate of drug-likeness (QED) is 0.920. The minimum Gasteiger partial charge on any atom is -0.480 e. The van der Waals surface area contributed by atoms with Crippen molar-refractivity contribution in [1.29, 1.82) is 0 Å². The third kappa shape index (κ3) is 2.56. The second-order valence-electron chi connectivity index (χ2n) is 6.08. The number of imidazole rings is 1. The van der Waals surface area contributed by atoms with Crippen molar-refractivity contribution in [2.45, 2.75) is 32.7 Å². The zero-order valence-corrected chi connectivity index (χ0v) is 12.7. The predicted molar refractivity (Wildman–Crippen MR) is 80.8 cm³/mol. The van der Waals surface area contributed by atoms with E-state index in [1.165, 1.54) is 4.90 Å². The fourth-order valence-electron chi connectivity index (χ4n) is 2.95. The summed E-state index contributed by atoms with van der Waals surface area (Å²) in [5.74, 6) is -0.936. The van der Waals surface area contributed by atoms with Crippen molar-refractivity contribution in [2.75, 3.05) is 6.54 Å². The number of carboxylic acids is 1. The summed E-state index contributed by atoms with van der Waals surface area (Å²) in [7, 11) is 0. The molecular formula is C16H19N3O3. The number of pyridine rings is 1. The molecule has 3 heterocycles. The Labute approximate surface area is 128 Å². The van der Waals surface area contributed by atoms with Crippen LogP contribution in [0.4, 0.5) is 0 Å². The van der Waals surface area contributed by atoms with Gasteiger partial charge in [-0.2, -0.15) is 0 Å². The summed E-state index contributed by atoms with van der Waals surface area (Å²) in [5, 5.41) is 9.38. The van der Waals surface area contributed by atoms with Crippen molar-refractivity contribution in [3.05, 3.63) is 35.8 Å². The first-order valence-electron chi connectivity index (χ1n) is 7.45. The molecular weight excluding hydrogens is 282 g/mol. The van der Waals surface area contributed by atoms with E-state index < -0.39 is 12.0 Å². The maximum absolute atomic E-state index is 12.7. The van der Waals surface area contributed by atoms with Crippen LogP contribution in [0.1, 0.15) is 35.8 Å². The minimum atomic E-state index is -0.945. The SMILES string of the molecule is Cc1ccn2cc(C(=O)N3CCC(C)CC3C(=O)O)nc2c1. The average molecular weight is 301 g/mol. The number of carbonyl (C=O) groups is 2. The number of aromatic nitrogens is 2. The Morgan fingerprint density at radius 2 is 2.18 bits per heavy atom. The standard InChI is InChI=1S/C16H19N3O3/c1-10-4-6-19(13(7-10)16(21)22)15(20)12-9-18-5-3-11(2)8-14(18)17-12/h3,5,8-10,13H,4,6-7H2,1-2H3,(H,21,22). The van der Waals surface area contributed by atoms with Gasteiger partial charge in [0.25, 0.3) is 5.91 Å². The van der Waals surface area contributed by atoms with Crippen molar-refractivity contribution < 1.29 is 14.7 Å². The lowest BCUT2D eigenvalue weighted by Gasteiger charge is -2.35. The van der Waals surface area contributed by atoms with E-state index in [4.69, 9.17) is 0 Å². The van der Waals surface area contributed by atoms with E-state index in [9.17, 15) is 14.7 Å². The maximum atomic E-state index is 12.7. The Balaban J connectivity index is 1.92. The highest BCUT2D eigenvalue weighted by Crippen LogP contribution is 2.24. The van der Waals surface area contributed by atoms with Crippen molar-refractivity contribution in [3.8, 4) is 0 Å². The van der Waals surface area contributed by atoms with Crippen LogP contribution in [0.3, 0.4) is 0 Å². The fraction of sp³-hybridized carbons (Fsp3) is 0.438. The van der Waals surface area contributed by atoms with Gasteiger partial charge in [-0.3, -0.25) is 4.79 Å². The highest BCUT2D eigenvalue weighted by Gasteiger charge is 2.35. The molecule has 0 aliphatic carbocycles. The summed E-state index contributed by atoms with van der Waals surface area (Å²) in [6.45, 7) is 4.44. The van der Waals surface area contributed by atoms with Crippen molar-refractivity contribution in [2.24, 2.45) is 5.92 Å². The van der Waals surface area contributed by atoms with Gasteiger partial charge in [0.05, 0.1) is 0 Å². The van der Waals surface area contributed by atoms with Gasteiger partial charge < -0.3 is 14.4 Å². The lowest BCUT2D eigenvalue weighted by atomic mass is 9.92. The molecule has 6 heteroatoms. The molecule has 0 saturated carbocycles. The van der Waals surface area contributed by atoms with Crippen LogP contribution in [0, 0.1) is 12.8 Å². The Kier molecular flexibility index (Phi) is 3.60. The lowest BCUT2D eigenvalue weighted by molar-refractivity contribution is -0.144. The van der Waals surface area contributed by atoms with Gasteiger partial charge in [-0.25, -0.2) is 9.78 Å². The third-order valence-corrected chi connectivity index (χ3v) is 4.25. The number of carboxylic acid groups (broad SMARTS) is 1. The van der Waals surface area contributed by atoms with E-state index in [1.54, 1.807) is 10.6 Å². The molecule has 1 aliphatic heterocycles. The molecule has 1 fully saturated rings. The van der Waals surface area contributed by atoms with Gasteiger partial charge in [0.15, 0.2) is 0 Å².